The van der Waals surface area contributed by atoms with E-state index in [-0.39, 0.29) is 24.1 Å². The third-order valence-electron chi connectivity index (χ3n) is 5.07. The first-order chi connectivity index (χ1) is 11.9. The van der Waals surface area contributed by atoms with E-state index in [0.29, 0.717) is 18.9 Å². The molecule has 0 bridgehead atoms. The topological polar surface area (TPSA) is 64.6 Å². The monoisotopic (exact) mass is 347 g/mol. The molecule has 0 aliphatic carbocycles. The van der Waals surface area contributed by atoms with Crippen molar-refractivity contribution in [1.82, 2.24) is 15.5 Å². The van der Waals surface area contributed by atoms with Gasteiger partial charge in [-0.1, -0.05) is 51.1 Å². The summed E-state index contributed by atoms with van der Waals surface area (Å²) in [6, 6.07) is 10.6. The molecule has 1 aromatic rings. The van der Waals surface area contributed by atoms with Crippen molar-refractivity contribution in [3.63, 3.8) is 0 Å². The number of nitrogens with one attached hydrogen (secondary N) is 2. The molecule has 2 amide bonds. The largest absolute Gasteiger partial charge is 0.396 e. The van der Waals surface area contributed by atoms with Crippen LogP contribution in [0.1, 0.15) is 39.2 Å². The average molecular weight is 348 g/mol. The normalized spacial score (nSPS) is 21.8. The van der Waals surface area contributed by atoms with Gasteiger partial charge < -0.3 is 15.7 Å². The van der Waals surface area contributed by atoms with Crippen LogP contribution in [0.4, 0.5) is 4.79 Å². The first-order valence-corrected chi connectivity index (χ1v) is 9.31. The summed E-state index contributed by atoms with van der Waals surface area (Å²) in [6.45, 7) is 9.99. The van der Waals surface area contributed by atoms with Crippen molar-refractivity contribution in [2.45, 2.75) is 46.2 Å². The lowest BCUT2D eigenvalue weighted by Crippen LogP contribution is -2.53. The summed E-state index contributed by atoms with van der Waals surface area (Å²) in [5, 5.41) is 15.1. The molecule has 1 saturated heterocycles. The SMILES string of the molecule is CC1CN(Cc2ccccc2)CCC1NC(=O)NCC(C)(C)CCO. The number of rotatable bonds is 7. The molecule has 140 valence electrons. The van der Waals surface area contributed by atoms with Crippen LogP contribution in [0.5, 0.6) is 0 Å². The number of amides is 2. The summed E-state index contributed by atoms with van der Waals surface area (Å²) < 4.78 is 0. The minimum absolute atomic E-state index is 0.0866. The number of carbonyl (C=O) groups excluding carboxylic acids is 1. The molecule has 1 aromatic carbocycles. The van der Waals surface area contributed by atoms with E-state index in [4.69, 9.17) is 5.11 Å². The molecule has 5 heteroatoms. The number of nitrogens with zero attached hydrogens (tertiary/aromatic N) is 1. The zero-order valence-electron chi connectivity index (χ0n) is 15.8. The summed E-state index contributed by atoms with van der Waals surface area (Å²) in [5.41, 5.74) is 1.25. The van der Waals surface area contributed by atoms with Gasteiger partial charge in [0.05, 0.1) is 0 Å². The average Bonchev–Trinajstić information content (AvgIpc) is 2.57. The molecule has 1 fully saturated rings. The van der Waals surface area contributed by atoms with Crippen LogP contribution in [-0.2, 0) is 6.54 Å². The first kappa shape index (κ1) is 19.7. The Bertz CT molecular complexity index is 533. The van der Waals surface area contributed by atoms with Gasteiger partial charge in [0.25, 0.3) is 0 Å². The number of piperidine rings is 1. The van der Waals surface area contributed by atoms with Gasteiger partial charge in [0.15, 0.2) is 0 Å². The van der Waals surface area contributed by atoms with Gasteiger partial charge >= 0.3 is 6.03 Å². The predicted octanol–water partition coefficient (Wildman–Crippen LogP) is 2.60. The van der Waals surface area contributed by atoms with Crippen molar-refractivity contribution < 1.29 is 9.90 Å². The molecule has 2 rings (SSSR count). The zero-order chi connectivity index (χ0) is 18.3. The quantitative estimate of drug-likeness (QED) is 0.710. The molecule has 1 aliphatic heterocycles. The lowest BCUT2D eigenvalue weighted by molar-refractivity contribution is 0.141. The Balaban J connectivity index is 1.74. The van der Waals surface area contributed by atoms with Crippen LogP contribution < -0.4 is 10.6 Å². The van der Waals surface area contributed by atoms with Crippen LogP contribution in [0.15, 0.2) is 30.3 Å². The van der Waals surface area contributed by atoms with Gasteiger partial charge in [0, 0.05) is 38.8 Å². The van der Waals surface area contributed by atoms with E-state index in [1.165, 1.54) is 5.56 Å². The van der Waals surface area contributed by atoms with Crippen LogP contribution in [-0.4, -0.2) is 48.3 Å². The van der Waals surface area contributed by atoms with E-state index in [0.717, 1.165) is 26.1 Å². The number of hydrogen-bond donors (Lipinski definition) is 3. The summed E-state index contributed by atoms with van der Waals surface area (Å²) in [5.74, 6) is 0.425. The standard InChI is InChI=1S/C20H33N3O2/c1-16-13-23(14-17-7-5-4-6-8-17)11-9-18(16)22-19(25)21-15-20(2,3)10-12-24/h4-8,16,18,24H,9-15H2,1-3H3,(H2,21,22,25). The third kappa shape index (κ3) is 6.67. The van der Waals surface area contributed by atoms with Crippen molar-refractivity contribution in [3.05, 3.63) is 35.9 Å². The van der Waals surface area contributed by atoms with Crippen molar-refractivity contribution in [2.24, 2.45) is 11.3 Å². The van der Waals surface area contributed by atoms with E-state index in [2.05, 4.69) is 46.7 Å². The summed E-state index contributed by atoms with van der Waals surface area (Å²) >= 11 is 0. The lowest BCUT2D eigenvalue weighted by Gasteiger charge is -2.37. The Hall–Kier alpha value is -1.59. The van der Waals surface area contributed by atoms with Crippen molar-refractivity contribution >= 4 is 6.03 Å². The molecule has 2 atom stereocenters. The molecule has 0 aromatic heterocycles. The summed E-state index contributed by atoms with van der Waals surface area (Å²) in [4.78, 5) is 14.6. The van der Waals surface area contributed by atoms with Crippen molar-refractivity contribution in [3.8, 4) is 0 Å². The Morgan fingerprint density at radius 2 is 2.04 bits per heavy atom. The fourth-order valence-corrected chi connectivity index (χ4v) is 3.36. The van der Waals surface area contributed by atoms with Crippen LogP contribution in [0, 0.1) is 11.3 Å². The molecule has 0 radical (unpaired) electrons. The second kappa shape index (κ2) is 9.20. The highest BCUT2D eigenvalue weighted by atomic mass is 16.3. The highest BCUT2D eigenvalue weighted by Gasteiger charge is 2.27. The molecule has 0 spiro atoms. The van der Waals surface area contributed by atoms with Gasteiger partial charge in [-0.25, -0.2) is 4.79 Å². The van der Waals surface area contributed by atoms with E-state index in [1.807, 2.05) is 19.9 Å². The summed E-state index contributed by atoms with van der Waals surface area (Å²) in [6.07, 6.45) is 1.66. The number of urea groups is 1. The Morgan fingerprint density at radius 1 is 1.32 bits per heavy atom. The molecule has 2 unspecified atom stereocenters. The van der Waals surface area contributed by atoms with Gasteiger partial charge in [-0.15, -0.1) is 0 Å². The van der Waals surface area contributed by atoms with Gasteiger partial charge in [-0.05, 0) is 29.7 Å². The Morgan fingerprint density at radius 3 is 2.68 bits per heavy atom. The fraction of sp³-hybridized carbons (Fsp3) is 0.650. The molecule has 0 saturated carbocycles. The number of benzene rings is 1. The fourth-order valence-electron chi connectivity index (χ4n) is 3.36. The van der Waals surface area contributed by atoms with Gasteiger partial charge in [0.2, 0.25) is 0 Å². The van der Waals surface area contributed by atoms with Gasteiger partial charge in [-0.2, -0.15) is 0 Å². The molecule has 1 aliphatic rings. The summed E-state index contributed by atoms with van der Waals surface area (Å²) in [7, 11) is 0. The number of likely N-dealkylation sites (tertiary alicyclic amines) is 1. The number of aliphatic hydroxyl groups excluding tert-OH is 1. The first-order valence-electron chi connectivity index (χ1n) is 9.31. The molecule has 3 N–H and O–H groups in total. The molecule has 1 heterocycles. The van der Waals surface area contributed by atoms with E-state index in [9.17, 15) is 4.79 Å². The van der Waals surface area contributed by atoms with Crippen LogP contribution in [0.25, 0.3) is 0 Å². The van der Waals surface area contributed by atoms with Crippen LogP contribution in [0.2, 0.25) is 0 Å². The van der Waals surface area contributed by atoms with Crippen molar-refractivity contribution in [2.75, 3.05) is 26.2 Å². The number of hydrogen-bond acceptors (Lipinski definition) is 3. The molecule has 25 heavy (non-hydrogen) atoms. The molecule has 5 nitrogen and oxygen atoms in total. The second-order valence-corrected chi connectivity index (χ2v) is 8.06. The smallest absolute Gasteiger partial charge is 0.315 e. The van der Waals surface area contributed by atoms with Gasteiger partial charge in [0.1, 0.15) is 0 Å². The van der Waals surface area contributed by atoms with E-state index in [1.54, 1.807) is 0 Å². The lowest BCUT2D eigenvalue weighted by atomic mass is 9.90. The number of carbonyl (C=O) groups is 1. The molecular weight excluding hydrogens is 314 g/mol. The minimum Gasteiger partial charge on any atom is -0.396 e. The maximum Gasteiger partial charge on any atom is 0.315 e. The predicted molar refractivity (Wildman–Crippen MR) is 101 cm³/mol. The Kier molecular flexibility index (Phi) is 7.26. The van der Waals surface area contributed by atoms with Crippen LogP contribution >= 0.6 is 0 Å². The minimum atomic E-state index is -0.0978. The number of aliphatic hydroxyl groups is 1. The highest BCUT2D eigenvalue weighted by Crippen LogP contribution is 2.20. The highest BCUT2D eigenvalue weighted by molar-refractivity contribution is 5.74. The van der Waals surface area contributed by atoms with E-state index >= 15 is 0 Å². The Labute approximate surface area is 151 Å². The second-order valence-electron chi connectivity index (χ2n) is 8.06. The molecular formula is C20H33N3O2. The maximum atomic E-state index is 12.2. The zero-order valence-corrected chi connectivity index (χ0v) is 15.8. The maximum absolute atomic E-state index is 12.2. The van der Waals surface area contributed by atoms with Crippen molar-refractivity contribution in [1.29, 1.82) is 0 Å². The third-order valence-corrected chi connectivity index (χ3v) is 5.07. The van der Waals surface area contributed by atoms with Gasteiger partial charge in [-0.3, -0.25) is 4.90 Å². The van der Waals surface area contributed by atoms with E-state index < -0.39 is 0 Å². The van der Waals surface area contributed by atoms with Crippen LogP contribution in [0.3, 0.4) is 0 Å².